The molecule has 0 unspecified atom stereocenters. The van der Waals surface area contributed by atoms with E-state index in [0.29, 0.717) is 12.2 Å². The van der Waals surface area contributed by atoms with E-state index >= 15 is 0 Å². The predicted molar refractivity (Wildman–Crippen MR) is 84.8 cm³/mol. The third kappa shape index (κ3) is 4.42. The van der Waals surface area contributed by atoms with Gasteiger partial charge in [0.25, 0.3) is 5.91 Å². The maximum atomic E-state index is 11.9. The standard InChI is InChI=1S/C15H16BrN3O3/c1-2-22-14(20)7-8-17-15(21)11-3-5-13(6-4-11)19-10-12(16)9-18-19/h3-6,9-10H,2,7-8H2,1H3,(H,17,21). The largest absolute Gasteiger partial charge is 0.466 e. The number of carbonyl (C=O) groups excluding carboxylic acids is 2. The molecule has 1 aromatic carbocycles. The number of halogens is 1. The van der Waals surface area contributed by atoms with Crippen LogP contribution in [0.5, 0.6) is 0 Å². The highest BCUT2D eigenvalue weighted by Crippen LogP contribution is 2.13. The molecule has 116 valence electrons. The van der Waals surface area contributed by atoms with E-state index in [1.54, 1.807) is 42.1 Å². The SMILES string of the molecule is CCOC(=O)CCNC(=O)c1ccc(-n2cc(Br)cn2)cc1. The van der Waals surface area contributed by atoms with Crippen molar-refractivity contribution in [1.82, 2.24) is 15.1 Å². The topological polar surface area (TPSA) is 73.2 Å². The summed E-state index contributed by atoms with van der Waals surface area (Å²) in [6.45, 7) is 2.35. The van der Waals surface area contributed by atoms with Gasteiger partial charge in [-0.05, 0) is 47.1 Å². The number of esters is 1. The van der Waals surface area contributed by atoms with Crippen LogP contribution < -0.4 is 5.32 Å². The molecule has 2 aromatic rings. The van der Waals surface area contributed by atoms with Crippen LogP contribution in [0.25, 0.3) is 5.69 Å². The van der Waals surface area contributed by atoms with Crippen molar-refractivity contribution in [3.8, 4) is 5.69 Å². The minimum atomic E-state index is -0.317. The van der Waals surface area contributed by atoms with Crippen LogP contribution in [0.2, 0.25) is 0 Å². The molecule has 0 atom stereocenters. The van der Waals surface area contributed by atoms with Gasteiger partial charge in [0.15, 0.2) is 0 Å². The molecule has 0 saturated carbocycles. The summed E-state index contributed by atoms with van der Waals surface area (Å²) in [4.78, 5) is 23.1. The van der Waals surface area contributed by atoms with Gasteiger partial charge in [-0.3, -0.25) is 9.59 Å². The molecule has 22 heavy (non-hydrogen) atoms. The van der Waals surface area contributed by atoms with Crippen molar-refractivity contribution in [1.29, 1.82) is 0 Å². The number of hydrogen-bond donors (Lipinski definition) is 1. The molecule has 1 aromatic heterocycles. The van der Waals surface area contributed by atoms with Crippen LogP contribution in [-0.4, -0.2) is 34.8 Å². The summed E-state index contributed by atoms with van der Waals surface area (Å²) < 4.78 is 7.38. The van der Waals surface area contributed by atoms with E-state index in [2.05, 4.69) is 26.3 Å². The molecule has 0 bridgehead atoms. The van der Waals surface area contributed by atoms with E-state index in [-0.39, 0.29) is 24.8 Å². The van der Waals surface area contributed by atoms with Crippen LogP contribution >= 0.6 is 15.9 Å². The third-order valence-electron chi connectivity index (χ3n) is 2.87. The molecule has 1 amide bonds. The van der Waals surface area contributed by atoms with Gasteiger partial charge in [0.05, 0.1) is 29.4 Å². The number of ether oxygens (including phenoxy) is 1. The first-order valence-corrected chi connectivity index (χ1v) is 7.64. The number of hydrogen-bond acceptors (Lipinski definition) is 4. The molecule has 0 fully saturated rings. The first-order chi connectivity index (χ1) is 10.6. The molecular weight excluding hydrogens is 350 g/mol. The lowest BCUT2D eigenvalue weighted by atomic mass is 10.2. The lowest BCUT2D eigenvalue weighted by Gasteiger charge is -2.06. The molecule has 1 heterocycles. The number of nitrogens with zero attached hydrogens (tertiary/aromatic N) is 2. The number of nitrogens with one attached hydrogen (secondary N) is 1. The van der Waals surface area contributed by atoms with Gasteiger partial charge in [0.2, 0.25) is 0 Å². The molecule has 0 spiro atoms. The third-order valence-corrected chi connectivity index (χ3v) is 3.27. The van der Waals surface area contributed by atoms with E-state index in [4.69, 9.17) is 4.74 Å². The number of benzene rings is 1. The Morgan fingerprint density at radius 1 is 1.32 bits per heavy atom. The first kappa shape index (κ1) is 16.2. The number of carbonyl (C=O) groups is 2. The van der Waals surface area contributed by atoms with E-state index in [1.165, 1.54) is 0 Å². The van der Waals surface area contributed by atoms with Crippen molar-refractivity contribution in [3.63, 3.8) is 0 Å². The fraction of sp³-hybridized carbons (Fsp3) is 0.267. The van der Waals surface area contributed by atoms with Gasteiger partial charge in [-0.2, -0.15) is 5.10 Å². The van der Waals surface area contributed by atoms with Crippen LogP contribution in [0.1, 0.15) is 23.7 Å². The van der Waals surface area contributed by atoms with Crippen LogP contribution in [0, 0.1) is 0 Å². The molecule has 2 rings (SSSR count). The Bertz CT molecular complexity index is 652. The normalized spacial score (nSPS) is 10.3. The Hall–Kier alpha value is -2.15. The Morgan fingerprint density at radius 3 is 2.64 bits per heavy atom. The lowest BCUT2D eigenvalue weighted by Crippen LogP contribution is -2.26. The Labute approximate surface area is 136 Å². The van der Waals surface area contributed by atoms with Crippen molar-refractivity contribution >= 4 is 27.8 Å². The zero-order chi connectivity index (χ0) is 15.9. The number of aromatic nitrogens is 2. The van der Waals surface area contributed by atoms with E-state index in [9.17, 15) is 9.59 Å². The molecule has 7 heteroatoms. The summed E-state index contributed by atoms with van der Waals surface area (Å²) in [6.07, 6.45) is 3.68. The second-order valence-electron chi connectivity index (χ2n) is 4.46. The van der Waals surface area contributed by atoms with Gasteiger partial charge in [-0.1, -0.05) is 0 Å². The van der Waals surface area contributed by atoms with Gasteiger partial charge in [0.1, 0.15) is 0 Å². The fourth-order valence-electron chi connectivity index (χ4n) is 1.82. The maximum Gasteiger partial charge on any atom is 0.307 e. The average Bonchev–Trinajstić information content (AvgIpc) is 2.94. The highest BCUT2D eigenvalue weighted by atomic mass is 79.9. The van der Waals surface area contributed by atoms with E-state index in [1.807, 2.05) is 6.20 Å². The minimum absolute atomic E-state index is 0.166. The zero-order valence-electron chi connectivity index (χ0n) is 12.1. The quantitative estimate of drug-likeness (QED) is 0.797. The molecule has 0 aliphatic carbocycles. The van der Waals surface area contributed by atoms with E-state index in [0.717, 1.165) is 10.2 Å². The number of rotatable bonds is 6. The van der Waals surface area contributed by atoms with Crippen LogP contribution in [-0.2, 0) is 9.53 Å². The molecule has 0 saturated heterocycles. The fourth-order valence-corrected chi connectivity index (χ4v) is 2.11. The molecular formula is C15H16BrN3O3. The smallest absolute Gasteiger partial charge is 0.307 e. The molecule has 1 N–H and O–H groups in total. The predicted octanol–water partition coefficient (Wildman–Crippen LogP) is 2.32. The second kappa shape index (κ2) is 7.74. The monoisotopic (exact) mass is 365 g/mol. The lowest BCUT2D eigenvalue weighted by molar-refractivity contribution is -0.142. The van der Waals surface area contributed by atoms with Gasteiger partial charge in [-0.25, -0.2) is 4.68 Å². The van der Waals surface area contributed by atoms with E-state index < -0.39 is 0 Å². The van der Waals surface area contributed by atoms with Gasteiger partial charge < -0.3 is 10.1 Å². The maximum absolute atomic E-state index is 11.9. The Kier molecular flexibility index (Phi) is 5.71. The highest BCUT2D eigenvalue weighted by molar-refractivity contribution is 9.10. The highest BCUT2D eigenvalue weighted by Gasteiger charge is 2.07. The second-order valence-corrected chi connectivity index (χ2v) is 5.38. The summed E-state index contributed by atoms with van der Waals surface area (Å²) in [5.74, 6) is -0.542. The average molecular weight is 366 g/mol. The summed E-state index contributed by atoms with van der Waals surface area (Å²) in [5.41, 5.74) is 1.38. The van der Waals surface area contributed by atoms with Crippen molar-refractivity contribution in [3.05, 3.63) is 46.7 Å². The zero-order valence-corrected chi connectivity index (χ0v) is 13.7. The minimum Gasteiger partial charge on any atom is -0.466 e. The molecule has 0 aliphatic rings. The number of amides is 1. The molecule has 0 radical (unpaired) electrons. The van der Waals surface area contributed by atoms with Crippen molar-refractivity contribution in [2.24, 2.45) is 0 Å². The Balaban J connectivity index is 1.90. The summed E-state index contributed by atoms with van der Waals surface area (Å²) in [6, 6.07) is 7.04. The molecule has 6 nitrogen and oxygen atoms in total. The van der Waals surface area contributed by atoms with Gasteiger partial charge in [0, 0.05) is 18.3 Å². The summed E-state index contributed by atoms with van der Waals surface area (Å²) >= 11 is 3.33. The van der Waals surface area contributed by atoms with Crippen LogP contribution in [0.4, 0.5) is 0 Å². The van der Waals surface area contributed by atoms with Gasteiger partial charge >= 0.3 is 5.97 Å². The molecule has 0 aliphatic heterocycles. The van der Waals surface area contributed by atoms with Gasteiger partial charge in [-0.15, -0.1) is 0 Å². The van der Waals surface area contributed by atoms with Crippen LogP contribution in [0.15, 0.2) is 41.1 Å². The van der Waals surface area contributed by atoms with Crippen molar-refractivity contribution in [2.45, 2.75) is 13.3 Å². The first-order valence-electron chi connectivity index (χ1n) is 6.84. The Morgan fingerprint density at radius 2 is 2.05 bits per heavy atom. The summed E-state index contributed by atoms with van der Waals surface area (Å²) in [7, 11) is 0. The van der Waals surface area contributed by atoms with Crippen molar-refractivity contribution < 1.29 is 14.3 Å². The van der Waals surface area contributed by atoms with Crippen molar-refractivity contribution in [2.75, 3.05) is 13.2 Å². The summed E-state index contributed by atoms with van der Waals surface area (Å²) in [5, 5.41) is 6.85. The van der Waals surface area contributed by atoms with Crippen LogP contribution in [0.3, 0.4) is 0 Å².